The molecule has 2 aromatic carbocycles. The minimum Gasteiger partial charge on any atom is -0.308 e. The van der Waals surface area contributed by atoms with E-state index >= 15 is 0 Å². The van der Waals surface area contributed by atoms with E-state index in [2.05, 4.69) is 15.6 Å². The number of carbonyl (C=O) groups is 1. The summed E-state index contributed by atoms with van der Waals surface area (Å²) in [6.45, 7) is 0. The van der Waals surface area contributed by atoms with Crippen LogP contribution in [0.15, 0.2) is 67.3 Å². The molecular formula is C16H13FN4O. The molecule has 1 heterocycles. The van der Waals surface area contributed by atoms with E-state index in [0.29, 0.717) is 11.4 Å². The molecule has 0 atom stereocenters. The molecule has 0 aliphatic heterocycles. The largest absolute Gasteiger partial charge is 0.323 e. The van der Waals surface area contributed by atoms with E-state index in [4.69, 9.17) is 0 Å². The van der Waals surface area contributed by atoms with Crippen molar-refractivity contribution in [1.82, 2.24) is 9.55 Å². The van der Waals surface area contributed by atoms with Crippen LogP contribution in [0.2, 0.25) is 0 Å². The first-order valence-corrected chi connectivity index (χ1v) is 6.63. The van der Waals surface area contributed by atoms with Crippen LogP contribution in [0.5, 0.6) is 0 Å². The maximum absolute atomic E-state index is 12.8. The third kappa shape index (κ3) is 3.29. The van der Waals surface area contributed by atoms with Crippen molar-refractivity contribution in [1.29, 1.82) is 0 Å². The summed E-state index contributed by atoms with van der Waals surface area (Å²) in [5, 5.41) is 5.34. The van der Waals surface area contributed by atoms with Crippen molar-refractivity contribution >= 4 is 17.4 Å². The molecule has 0 radical (unpaired) electrons. The number of urea groups is 1. The maximum Gasteiger partial charge on any atom is 0.323 e. The minimum atomic E-state index is -0.387. The Bertz CT molecular complexity index is 752. The van der Waals surface area contributed by atoms with Gasteiger partial charge < -0.3 is 15.2 Å². The van der Waals surface area contributed by atoms with Crippen LogP contribution in [-0.2, 0) is 0 Å². The summed E-state index contributed by atoms with van der Waals surface area (Å²) in [6, 6.07) is 12.5. The molecule has 0 aliphatic carbocycles. The fourth-order valence-corrected chi connectivity index (χ4v) is 1.96. The fraction of sp³-hybridized carbons (Fsp3) is 0. The highest BCUT2D eigenvalue weighted by molar-refractivity contribution is 5.99. The van der Waals surface area contributed by atoms with E-state index < -0.39 is 0 Å². The van der Waals surface area contributed by atoms with Crippen molar-refractivity contribution in [2.45, 2.75) is 0 Å². The van der Waals surface area contributed by atoms with E-state index in [1.54, 1.807) is 24.7 Å². The number of nitrogens with zero attached hydrogens (tertiary/aromatic N) is 2. The average molecular weight is 296 g/mol. The average Bonchev–Trinajstić information content (AvgIpc) is 3.05. The number of rotatable bonds is 3. The number of halogens is 1. The monoisotopic (exact) mass is 296 g/mol. The van der Waals surface area contributed by atoms with Gasteiger partial charge in [0, 0.05) is 29.5 Å². The number of hydrogen-bond donors (Lipinski definition) is 2. The van der Waals surface area contributed by atoms with Crippen LogP contribution in [0.25, 0.3) is 5.69 Å². The normalized spacial score (nSPS) is 10.2. The van der Waals surface area contributed by atoms with Crippen molar-refractivity contribution in [3.05, 3.63) is 73.1 Å². The Morgan fingerprint density at radius 3 is 2.09 bits per heavy atom. The number of carbonyl (C=O) groups excluding carboxylic acids is 1. The number of nitrogens with one attached hydrogen (secondary N) is 2. The van der Waals surface area contributed by atoms with Gasteiger partial charge in [-0.1, -0.05) is 0 Å². The zero-order valence-corrected chi connectivity index (χ0v) is 11.5. The van der Waals surface area contributed by atoms with E-state index in [1.807, 2.05) is 22.9 Å². The molecule has 0 fully saturated rings. The molecule has 0 unspecified atom stereocenters. The summed E-state index contributed by atoms with van der Waals surface area (Å²) in [4.78, 5) is 15.8. The van der Waals surface area contributed by atoms with Gasteiger partial charge in [-0.2, -0.15) is 0 Å². The van der Waals surface area contributed by atoms with Gasteiger partial charge in [0.25, 0.3) is 0 Å². The van der Waals surface area contributed by atoms with Crippen LogP contribution >= 0.6 is 0 Å². The van der Waals surface area contributed by atoms with Crippen molar-refractivity contribution in [2.75, 3.05) is 10.6 Å². The highest BCUT2D eigenvalue weighted by Crippen LogP contribution is 2.14. The first-order chi connectivity index (χ1) is 10.7. The molecule has 5 nitrogen and oxygen atoms in total. The van der Waals surface area contributed by atoms with Crippen molar-refractivity contribution in [3.8, 4) is 5.69 Å². The lowest BCUT2D eigenvalue weighted by Gasteiger charge is -2.08. The Labute approximate surface area is 126 Å². The predicted octanol–water partition coefficient (Wildman–Crippen LogP) is 3.66. The first-order valence-electron chi connectivity index (χ1n) is 6.63. The molecule has 0 saturated heterocycles. The zero-order valence-electron chi connectivity index (χ0n) is 11.5. The van der Waals surface area contributed by atoms with Gasteiger partial charge in [0.2, 0.25) is 0 Å². The van der Waals surface area contributed by atoms with Gasteiger partial charge in [-0.15, -0.1) is 0 Å². The van der Waals surface area contributed by atoms with Gasteiger partial charge in [-0.3, -0.25) is 0 Å². The zero-order chi connectivity index (χ0) is 15.4. The number of hydrogen-bond acceptors (Lipinski definition) is 2. The fourth-order valence-electron chi connectivity index (χ4n) is 1.96. The van der Waals surface area contributed by atoms with Crippen LogP contribution in [0.3, 0.4) is 0 Å². The summed E-state index contributed by atoms with van der Waals surface area (Å²) in [7, 11) is 0. The molecule has 0 saturated carbocycles. The molecule has 0 bridgehead atoms. The van der Waals surface area contributed by atoms with E-state index in [0.717, 1.165) is 5.69 Å². The minimum absolute atomic E-state index is 0.346. The number of imidazole rings is 1. The standard InChI is InChI=1S/C16H13FN4O/c17-12-1-3-13(4-2-12)19-16(22)20-14-5-7-15(8-6-14)21-10-9-18-11-21/h1-11H,(H2,19,20,22). The molecule has 1 aromatic heterocycles. The van der Waals surface area contributed by atoms with Crippen molar-refractivity contribution < 1.29 is 9.18 Å². The van der Waals surface area contributed by atoms with Crippen LogP contribution in [-0.4, -0.2) is 15.6 Å². The highest BCUT2D eigenvalue weighted by atomic mass is 19.1. The van der Waals surface area contributed by atoms with Crippen LogP contribution < -0.4 is 10.6 Å². The lowest BCUT2D eigenvalue weighted by Crippen LogP contribution is -2.19. The predicted molar refractivity (Wildman–Crippen MR) is 82.6 cm³/mol. The van der Waals surface area contributed by atoms with E-state index in [-0.39, 0.29) is 11.8 Å². The van der Waals surface area contributed by atoms with Gasteiger partial charge in [0.1, 0.15) is 5.82 Å². The van der Waals surface area contributed by atoms with Crippen LogP contribution in [0.4, 0.5) is 20.6 Å². The summed E-state index contributed by atoms with van der Waals surface area (Å²) in [5.74, 6) is -0.346. The molecule has 6 heteroatoms. The van der Waals surface area contributed by atoms with Crippen molar-refractivity contribution in [3.63, 3.8) is 0 Å². The SMILES string of the molecule is O=C(Nc1ccc(F)cc1)Nc1ccc(-n2ccnc2)cc1. The smallest absolute Gasteiger partial charge is 0.308 e. The summed E-state index contributed by atoms with van der Waals surface area (Å²) in [5.41, 5.74) is 2.12. The molecular weight excluding hydrogens is 283 g/mol. The molecule has 0 aliphatic rings. The Balaban J connectivity index is 1.63. The van der Waals surface area contributed by atoms with Gasteiger partial charge in [-0.25, -0.2) is 14.2 Å². The Hall–Kier alpha value is -3.15. The van der Waals surface area contributed by atoms with Gasteiger partial charge in [-0.05, 0) is 48.5 Å². The third-order valence-electron chi connectivity index (χ3n) is 3.03. The van der Waals surface area contributed by atoms with Gasteiger partial charge >= 0.3 is 6.03 Å². The first kappa shape index (κ1) is 13.8. The Morgan fingerprint density at radius 2 is 1.55 bits per heavy atom. The second-order valence-electron chi connectivity index (χ2n) is 4.60. The molecule has 110 valence electrons. The van der Waals surface area contributed by atoms with Crippen LogP contribution in [0, 0.1) is 5.82 Å². The quantitative estimate of drug-likeness (QED) is 0.775. The molecule has 22 heavy (non-hydrogen) atoms. The summed E-state index contributed by atoms with van der Waals surface area (Å²) in [6.07, 6.45) is 5.23. The summed E-state index contributed by atoms with van der Waals surface area (Å²) >= 11 is 0. The molecule has 2 amide bonds. The van der Waals surface area contributed by atoms with Gasteiger partial charge in [0.05, 0.1) is 6.33 Å². The van der Waals surface area contributed by atoms with E-state index in [1.165, 1.54) is 24.3 Å². The topological polar surface area (TPSA) is 59.0 Å². The Morgan fingerprint density at radius 1 is 0.955 bits per heavy atom. The molecule has 2 N–H and O–H groups in total. The Kier molecular flexibility index (Phi) is 3.82. The number of benzene rings is 2. The number of aromatic nitrogens is 2. The van der Waals surface area contributed by atoms with Gasteiger partial charge in [0.15, 0.2) is 0 Å². The van der Waals surface area contributed by atoms with E-state index in [9.17, 15) is 9.18 Å². The summed E-state index contributed by atoms with van der Waals surface area (Å²) < 4.78 is 14.7. The highest BCUT2D eigenvalue weighted by Gasteiger charge is 2.03. The van der Waals surface area contributed by atoms with Crippen LogP contribution in [0.1, 0.15) is 0 Å². The number of amides is 2. The second-order valence-corrected chi connectivity index (χ2v) is 4.60. The second kappa shape index (κ2) is 6.09. The lowest BCUT2D eigenvalue weighted by molar-refractivity contribution is 0.262. The molecule has 0 spiro atoms. The molecule has 3 rings (SSSR count). The maximum atomic E-state index is 12.8. The van der Waals surface area contributed by atoms with Crippen molar-refractivity contribution in [2.24, 2.45) is 0 Å². The third-order valence-corrected chi connectivity index (χ3v) is 3.03. The molecule has 3 aromatic rings. The lowest BCUT2D eigenvalue weighted by atomic mass is 10.3. The number of anilines is 2.